The Labute approximate surface area is 105 Å². The molecule has 0 spiro atoms. The van der Waals surface area contributed by atoms with Crippen LogP contribution in [0.1, 0.15) is 11.1 Å². The molecule has 0 amide bonds. The summed E-state index contributed by atoms with van der Waals surface area (Å²) < 4.78 is 0. The number of aromatic hydroxyl groups is 1. The molecule has 2 rings (SSSR count). The Bertz CT molecular complexity index is 564. The van der Waals surface area contributed by atoms with Crippen LogP contribution >= 0.6 is 11.6 Å². The van der Waals surface area contributed by atoms with Crippen LogP contribution in [0.5, 0.6) is 5.75 Å². The molecule has 0 heterocycles. The van der Waals surface area contributed by atoms with Gasteiger partial charge in [-0.25, -0.2) is 0 Å². The Morgan fingerprint density at radius 2 is 1.94 bits per heavy atom. The van der Waals surface area contributed by atoms with Gasteiger partial charge in [0.1, 0.15) is 5.75 Å². The van der Waals surface area contributed by atoms with Crippen LogP contribution in [0.4, 0.5) is 5.69 Å². The zero-order chi connectivity index (χ0) is 12.3. The molecule has 0 unspecified atom stereocenters. The minimum atomic E-state index is 0.0831. The molecule has 0 aliphatic carbocycles. The number of para-hydroxylation sites is 1. The summed E-state index contributed by atoms with van der Waals surface area (Å²) in [5, 5.41) is 9.63. The number of nitrogens with zero attached hydrogens (tertiary/aromatic N) is 1. The largest absolute Gasteiger partial charge is 0.506 e. The molecule has 3 heteroatoms. The fourth-order valence-corrected chi connectivity index (χ4v) is 1.64. The average Bonchev–Trinajstić information content (AvgIpc) is 2.32. The molecule has 86 valence electrons. The highest BCUT2D eigenvalue weighted by Gasteiger charge is 1.98. The van der Waals surface area contributed by atoms with Gasteiger partial charge >= 0.3 is 0 Å². The van der Waals surface area contributed by atoms with Gasteiger partial charge < -0.3 is 5.11 Å². The standard InChI is InChI=1S/C14H12ClNO/c1-10-4-2-3-5-13(10)16-9-11-6-7-14(17)12(15)8-11/h2-9,17H,1H3. The number of hydrogen-bond acceptors (Lipinski definition) is 2. The van der Waals surface area contributed by atoms with E-state index in [1.807, 2.05) is 31.2 Å². The van der Waals surface area contributed by atoms with Crippen molar-refractivity contribution in [2.45, 2.75) is 6.92 Å². The van der Waals surface area contributed by atoms with Gasteiger partial charge in [-0.1, -0.05) is 29.8 Å². The number of benzene rings is 2. The summed E-state index contributed by atoms with van der Waals surface area (Å²) in [7, 11) is 0. The van der Waals surface area contributed by atoms with Gasteiger partial charge in [-0.05, 0) is 42.3 Å². The minimum Gasteiger partial charge on any atom is -0.506 e. The van der Waals surface area contributed by atoms with Crippen LogP contribution in [0.15, 0.2) is 47.5 Å². The van der Waals surface area contributed by atoms with Crippen molar-refractivity contribution in [2.75, 3.05) is 0 Å². The lowest BCUT2D eigenvalue weighted by Crippen LogP contribution is -1.81. The summed E-state index contributed by atoms with van der Waals surface area (Å²) in [5.41, 5.74) is 2.90. The van der Waals surface area contributed by atoms with Gasteiger partial charge in [-0.2, -0.15) is 0 Å². The molecular formula is C14H12ClNO. The molecule has 0 aliphatic heterocycles. The van der Waals surface area contributed by atoms with Gasteiger partial charge in [0.2, 0.25) is 0 Å². The number of halogens is 1. The third kappa shape index (κ3) is 2.86. The van der Waals surface area contributed by atoms with Crippen molar-refractivity contribution in [1.29, 1.82) is 0 Å². The fraction of sp³-hybridized carbons (Fsp3) is 0.0714. The van der Waals surface area contributed by atoms with Crippen LogP contribution in [0, 0.1) is 6.92 Å². The lowest BCUT2D eigenvalue weighted by molar-refractivity contribution is 0.475. The molecule has 0 aliphatic rings. The monoisotopic (exact) mass is 245 g/mol. The highest BCUT2D eigenvalue weighted by Crippen LogP contribution is 2.23. The second kappa shape index (κ2) is 5.02. The van der Waals surface area contributed by atoms with Crippen molar-refractivity contribution < 1.29 is 5.11 Å². The van der Waals surface area contributed by atoms with E-state index in [0.717, 1.165) is 16.8 Å². The highest BCUT2D eigenvalue weighted by molar-refractivity contribution is 6.32. The second-order valence-corrected chi connectivity index (χ2v) is 4.16. The Morgan fingerprint density at radius 3 is 2.65 bits per heavy atom. The summed E-state index contributed by atoms with van der Waals surface area (Å²) in [4.78, 5) is 4.38. The Balaban J connectivity index is 2.26. The summed E-state index contributed by atoms with van der Waals surface area (Å²) in [6.45, 7) is 2.01. The van der Waals surface area contributed by atoms with Gasteiger partial charge in [-0.3, -0.25) is 4.99 Å². The first-order chi connectivity index (χ1) is 8.16. The molecule has 0 saturated heterocycles. The van der Waals surface area contributed by atoms with Crippen LogP contribution in [0.2, 0.25) is 5.02 Å². The van der Waals surface area contributed by atoms with E-state index in [9.17, 15) is 5.11 Å². The van der Waals surface area contributed by atoms with Crippen molar-refractivity contribution in [1.82, 2.24) is 0 Å². The normalized spacial score (nSPS) is 10.9. The lowest BCUT2D eigenvalue weighted by atomic mass is 10.2. The maximum Gasteiger partial charge on any atom is 0.134 e. The molecule has 0 fully saturated rings. The van der Waals surface area contributed by atoms with Crippen LogP contribution < -0.4 is 0 Å². The average molecular weight is 246 g/mol. The third-order valence-electron chi connectivity index (χ3n) is 2.44. The second-order valence-electron chi connectivity index (χ2n) is 3.76. The summed E-state index contributed by atoms with van der Waals surface area (Å²) in [6.07, 6.45) is 1.73. The molecule has 0 bridgehead atoms. The molecule has 1 N–H and O–H groups in total. The smallest absolute Gasteiger partial charge is 0.134 e. The molecular weight excluding hydrogens is 234 g/mol. The Morgan fingerprint density at radius 1 is 1.18 bits per heavy atom. The van der Waals surface area contributed by atoms with Crippen LogP contribution in [0.25, 0.3) is 0 Å². The van der Waals surface area contributed by atoms with Crippen LogP contribution in [-0.4, -0.2) is 11.3 Å². The van der Waals surface area contributed by atoms with E-state index >= 15 is 0 Å². The SMILES string of the molecule is Cc1ccccc1N=Cc1ccc(O)c(Cl)c1. The number of hydrogen-bond donors (Lipinski definition) is 1. The van der Waals surface area contributed by atoms with Crippen molar-refractivity contribution in [3.8, 4) is 5.75 Å². The van der Waals surface area contributed by atoms with Crippen molar-refractivity contribution >= 4 is 23.5 Å². The van der Waals surface area contributed by atoms with Gasteiger partial charge in [0.05, 0.1) is 10.7 Å². The van der Waals surface area contributed by atoms with E-state index in [2.05, 4.69) is 4.99 Å². The lowest BCUT2D eigenvalue weighted by Gasteiger charge is -1.99. The first-order valence-corrected chi connectivity index (χ1v) is 5.63. The van der Waals surface area contributed by atoms with Crippen LogP contribution in [-0.2, 0) is 0 Å². The predicted octanol–water partition coefficient (Wildman–Crippen LogP) is 4.10. The first kappa shape index (κ1) is 11.7. The number of rotatable bonds is 2. The fourth-order valence-electron chi connectivity index (χ4n) is 1.46. The topological polar surface area (TPSA) is 32.6 Å². The number of phenols is 1. The molecule has 17 heavy (non-hydrogen) atoms. The maximum atomic E-state index is 9.30. The van der Waals surface area contributed by atoms with Gasteiger partial charge in [-0.15, -0.1) is 0 Å². The van der Waals surface area contributed by atoms with E-state index in [1.54, 1.807) is 24.4 Å². The van der Waals surface area contributed by atoms with Crippen molar-refractivity contribution in [3.05, 3.63) is 58.6 Å². The van der Waals surface area contributed by atoms with Gasteiger partial charge in [0, 0.05) is 6.21 Å². The molecule has 0 radical (unpaired) electrons. The molecule has 0 atom stereocenters. The highest BCUT2D eigenvalue weighted by atomic mass is 35.5. The van der Waals surface area contributed by atoms with Crippen LogP contribution in [0.3, 0.4) is 0 Å². The van der Waals surface area contributed by atoms with E-state index in [-0.39, 0.29) is 5.75 Å². The molecule has 2 aromatic rings. The minimum absolute atomic E-state index is 0.0831. The molecule has 2 nitrogen and oxygen atoms in total. The Hall–Kier alpha value is -1.80. The van der Waals surface area contributed by atoms with E-state index < -0.39 is 0 Å². The zero-order valence-corrected chi connectivity index (χ0v) is 10.1. The number of aliphatic imine (C=N–C) groups is 1. The summed E-state index contributed by atoms with van der Waals surface area (Å²) in [5.74, 6) is 0.0831. The Kier molecular flexibility index (Phi) is 3.45. The zero-order valence-electron chi connectivity index (χ0n) is 9.39. The van der Waals surface area contributed by atoms with Crippen molar-refractivity contribution in [3.63, 3.8) is 0 Å². The van der Waals surface area contributed by atoms with E-state index in [0.29, 0.717) is 5.02 Å². The quantitative estimate of drug-likeness (QED) is 0.794. The van der Waals surface area contributed by atoms with E-state index in [4.69, 9.17) is 11.6 Å². The van der Waals surface area contributed by atoms with E-state index in [1.165, 1.54) is 0 Å². The van der Waals surface area contributed by atoms with Gasteiger partial charge in [0.25, 0.3) is 0 Å². The number of phenolic OH excluding ortho intramolecular Hbond substituents is 1. The summed E-state index contributed by atoms with van der Waals surface area (Å²) in [6, 6.07) is 12.9. The maximum absolute atomic E-state index is 9.30. The number of aryl methyl sites for hydroxylation is 1. The summed E-state index contributed by atoms with van der Waals surface area (Å²) >= 11 is 5.82. The third-order valence-corrected chi connectivity index (χ3v) is 2.74. The molecule has 2 aromatic carbocycles. The first-order valence-electron chi connectivity index (χ1n) is 5.25. The molecule has 0 saturated carbocycles. The van der Waals surface area contributed by atoms with Gasteiger partial charge in [0.15, 0.2) is 0 Å². The molecule has 0 aromatic heterocycles. The predicted molar refractivity (Wildman–Crippen MR) is 71.5 cm³/mol. The van der Waals surface area contributed by atoms with Crippen molar-refractivity contribution in [2.24, 2.45) is 4.99 Å².